The van der Waals surface area contributed by atoms with Crippen molar-refractivity contribution in [2.75, 3.05) is 7.11 Å². The maximum atomic E-state index is 6.75. The fourth-order valence-electron chi connectivity index (χ4n) is 3.84. The van der Waals surface area contributed by atoms with Crippen LogP contribution in [0.5, 0.6) is 5.75 Å². The molecule has 0 saturated heterocycles. The molecule has 110 valence electrons. The van der Waals surface area contributed by atoms with Gasteiger partial charge >= 0.3 is 0 Å². The second-order valence-electron chi connectivity index (χ2n) is 6.69. The standard InChI is InChI=1S/C17H24BrNO/c1-20-16-7-6-15(18)9-14(16)11-17(19)8-2-3-13(10-17)12-4-5-12/h6-7,9,12-13H,2-5,8,10-11,19H2,1H3. The van der Waals surface area contributed by atoms with E-state index in [0.29, 0.717) is 0 Å². The summed E-state index contributed by atoms with van der Waals surface area (Å²) in [7, 11) is 1.74. The van der Waals surface area contributed by atoms with Crippen molar-refractivity contribution in [1.82, 2.24) is 0 Å². The van der Waals surface area contributed by atoms with Gasteiger partial charge in [-0.2, -0.15) is 0 Å². The van der Waals surface area contributed by atoms with Crippen LogP contribution in [0.3, 0.4) is 0 Å². The van der Waals surface area contributed by atoms with E-state index in [2.05, 4.69) is 22.0 Å². The first-order valence-corrected chi connectivity index (χ1v) is 8.50. The second kappa shape index (κ2) is 5.69. The van der Waals surface area contributed by atoms with Gasteiger partial charge in [0.25, 0.3) is 0 Å². The minimum Gasteiger partial charge on any atom is -0.496 e. The van der Waals surface area contributed by atoms with Gasteiger partial charge in [-0.3, -0.25) is 0 Å². The van der Waals surface area contributed by atoms with E-state index < -0.39 is 0 Å². The summed E-state index contributed by atoms with van der Waals surface area (Å²) >= 11 is 3.56. The highest BCUT2D eigenvalue weighted by Gasteiger charge is 2.40. The van der Waals surface area contributed by atoms with Crippen LogP contribution in [0.25, 0.3) is 0 Å². The Hall–Kier alpha value is -0.540. The van der Waals surface area contributed by atoms with Crippen LogP contribution in [0.1, 0.15) is 44.1 Å². The summed E-state index contributed by atoms with van der Waals surface area (Å²) in [5.74, 6) is 2.81. The largest absolute Gasteiger partial charge is 0.496 e. The summed E-state index contributed by atoms with van der Waals surface area (Å²) in [6, 6.07) is 6.22. The van der Waals surface area contributed by atoms with Crippen LogP contribution in [0.15, 0.2) is 22.7 Å². The smallest absolute Gasteiger partial charge is 0.122 e. The fraction of sp³-hybridized carbons (Fsp3) is 0.647. The Morgan fingerprint density at radius 3 is 2.80 bits per heavy atom. The summed E-state index contributed by atoms with van der Waals surface area (Å²) in [4.78, 5) is 0. The van der Waals surface area contributed by atoms with E-state index in [4.69, 9.17) is 10.5 Å². The lowest BCUT2D eigenvalue weighted by molar-refractivity contribution is 0.203. The summed E-state index contributed by atoms with van der Waals surface area (Å²) in [5, 5.41) is 0. The van der Waals surface area contributed by atoms with Crippen LogP contribution in [0, 0.1) is 11.8 Å². The highest BCUT2D eigenvalue weighted by atomic mass is 79.9. The third-order valence-electron chi connectivity index (χ3n) is 4.99. The van der Waals surface area contributed by atoms with E-state index in [1.165, 1.54) is 37.7 Å². The minimum atomic E-state index is -0.0421. The molecule has 0 heterocycles. The maximum absolute atomic E-state index is 6.75. The molecule has 2 saturated carbocycles. The van der Waals surface area contributed by atoms with Gasteiger partial charge in [0.2, 0.25) is 0 Å². The van der Waals surface area contributed by atoms with Crippen LogP contribution < -0.4 is 10.5 Å². The van der Waals surface area contributed by atoms with Crippen LogP contribution in [0.2, 0.25) is 0 Å². The molecule has 2 aliphatic carbocycles. The first kappa shape index (κ1) is 14.4. The van der Waals surface area contributed by atoms with Gasteiger partial charge < -0.3 is 10.5 Å². The molecular weight excluding hydrogens is 314 g/mol. The van der Waals surface area contributed by atoms with Crippen LogP contribution in [0.4, 0.5) is 0 Å². The third kappa shape index (κ3) is 3.20. The Balaban J connectivity index is 1.76. The number of halogens is 1. The average Bonchev–Trinajstić information content (AvgIpc) is 3.23. The molecule has 3 rings (SSSR count). The number of ether oxygens (including phenoxy) is 1. The number of hydrogen-bond acceptors (Lipinski definition) is 2. The molecule has 0 radical (unpaired) electrons. The molecule has 2 nitrogen and oxygen atoms in total. The average molecular weight is 338 g/mol. The molecule has 1 aromatic rings. The van der Waals surface area contributed by atoms with E-state index in [0.717, 1.165) is 34.9 Å². The highest BCUT2D eigenvalue weighted by molar-refractivity contribution is 9.10. The Bertz CT molecular complexity index is 486. The Labute approximate surface area is 130 Å². The molecular formula is C17H24BrNO. The van der Waals surface area contributed by atoms with Gasteiger partial charge in [-0.15, -0.1) is 0 Å². The van der Waals surface area contributed by atoms with Gasteiger partial charge in [-0.25, -0.2) is 0 Å². The van der Waals surface area contributed by atoms with Crippen molar-refractivity contribution in [1.29, 1.82) is 0 Å². The summed E-state index contributed by atoms with van der Waals surface area (Å²) < 4.78 is 6.60. The lowest BCUT2D eigenvalue weighted by Gasteiger charge is -2.38. The number of benzene rings is 1. The van der Waals surface area contributed by atoms with E-state index in [1.807, 2.05) is 12.1 Å². The molecule has 3 heteroatoms. The quantitative estimate of drug-likeness (QED) is 0.888. The SMILES string of the molecule is COc1ccc(Br)cc1CC1(N)CCCC(C2CC2)C1. The first-order chi connectivity index (χ1) is 9.59. The van der Waals surface area contributed by atoms with Gasteiger partial charge in [0.05, 0.1) is 7.11 Å². The number of methoxy groups -OCH3 is 1. The third-order valence-corrected chi connectivity index (χ3v) is 5.49. The molecule has 0 aromatic heterocycles. The highest BCUT2D eigenvalue weighted by Crippen LogP contribution is 2.47. The summed E-state index contributed by atoms with van der Waals surface area (Å²) in [6.07, 6.45) is 8.80. The number of hydrogen-bond donors (Lipinski definition) is 1. The van der Waals surface area contributed by atoms with Gasteiger partial charge in [0, 0.05) is 10.0 Å². The van der Waals surface area contributed by atoms with Crippen molar-refractivity contribution in [2.24, 2.45) is 17.6 Å². The zero-order valence-electron chi connectivity index (χ0n) is 12.2. The van der Waals surface area contributed by atoms with E-state index >= 15 is 0 Å². The predicted octanol–water partition coefficient (Wildman–Crippen LogP) is 4.30. The Morgan fingerprint density at radius 2 is 2.10 bits per heavy atom. The van der Waals surface area contributed by atoms with Crippen molar-refractivity contribution in [3.63, 3.8) is 0 Å². The predicted molar refractivity (Wildman–Crippen MR) is 86.0 cm³/mol. The van der Waals surface area contributed by atoms with Crippen molar-refractivity contribution in [2.45, 2.75) is 50.5 Å². The zero-order valence-corrected chi connectivity index (χ0v) is 13.8. The van der Waals surface area contributed by atoms with Crippen molar-refractivity contribution < 1.29 is 4.74 Å². The molecule has 2 fully saturated rings. The van der Waals surface area contributed by atoms with Gasteiger partial charge in [0.1, 0.15) is 5.75 Å². The monoisotopic (exact) mass is 337 g/mol. The number of nitrogens with two attached hydrogens (primary N) is 1. The summed E-state index contributed by atoms with van der Waals surface area (Å²) in [5.41, 5.74) is 7.94. The molecule has 0 bridgehead atoms. The van der Waals surface area contributed by atoms with Gasteiger partial charge in [-0.1, -0.05) is 28.8 Å². The van der Waals surface area contributed by atoms with Gasteiger partial charge in [-0.05, 0) is 67.7 Å². The zero-order chi connectivity index (χ0) is 14.2. The molecule has 0 aliphatic heterocycles. The molecule has 20 heavy (non-hydrogen) atoms. The first-order valence-electron chi connectivity index (χ1n) is 7.71. The molecule has 2 aliphatic rings. The fourth-order valence-corrected chi connectivity index (χ4v) is 4.25. The normalized spacial score (nSPS) is 30.2. The van der Waals surface area contributed by atoms with Crippen molar-refractivity contribution in [3.05, 3.63) is 28.2 Å². The topological polar surface area (TPSA) is 35.2 Å². The molecule has 2 N–H and O–H groups in total. The molecule has 2 atom stereocenters. The van der Waals surface area contributed by atoms with Crippen LogP contribution in [-0.2, 0) is 6.42 Å². The second-order valence-corrected chi connectivity index (χ2v) is 7.60. The Morgan fingerprint density at radius 1 is 1.30 bits per heavy atom. The molecule has 1 aromatic carbocycles. The Kier molecular flexibility index (Phi) is 4.09. The van der Waals surface area contributed by atoms with Crippen LogP contribution in [-0.4, -0.2) is 12.6 Å². The van der Waals surface area contributed by atoms with Gasteiger partial charge in [0.15, 0.2) is 0 Å². The lowest BCUT2D eigenvalue weighted by Crippen LogP contribution is -2.46. The lowest BCUT2D eigenvalue weighted by atomic mass is 9.71. The van der Waals surface area contributed by atoms with E-state index in [-0.39, 0.29) is 5.54 Å². The van der Waals surface area contributed by atoms with Crippen molar-refractivity contribution in [3.8, 4) is 5.75 Å². The molecule has 2 unspecified atom stereocenters. The van der Waals surface area contributed by atoms with E-state index in [1.54, 1.807) is 7.11 Å². The minimum absolute atomic E-state index is 0.0421. The summed E-state index contributed by atoms with van der Waals surface area (Å²) in [6.45, 7) is 0. The van der Waals surface area contributed by atoms with Crippen LogP contribution >= 0.6 is 15.9 Å². The number of rotatable bonds is 4. The van der Waals surface area contributed by atoms with Crippen molar-refractivity contribution >= 4 is 15.9 Å². The molecule has 0 amide bonds. The molecule has 0 spiro atoms. The van der Waals surface area contributed by atoms with E-state index in [9.17, 15) is 0 Å². The maximum Gasteiger partial charge on any atom is 0.122 e.